The average Bonchev–Trinajstić information content (AvgIpc) is 2.45. The highest BCUT2D eigenvalue weighted by molar-refractivity contribution is 5.77. The molecule has 1 aromatic rings. The second-order valence-corrected chi connectivity index (χ2v) is 5.09. The molecule has 1 rings (SSSR count). The summed E-state index contributed by atoms with van der Waals surface area (Å²) in [5.74, 6) is 0.581. The SMILES string of the molecule is CN(CC(=O)N(C)C)CC(O)COc1ccc(C#N)cc1. The summed E-state index contributed by atoms with van der Waals surface area (Å²) in [5, 5.41) is 18.6. The first-order valence-corrected chi connectivity index (χ1v) is 6.62. The Morgan fingerprint density at radius 1 is 1.33 bits per heavy atom. The van der Waals surface area contributed by atoms with E-state index in [4.69, 9.17) is 10.00 Å². The molecule has 0 aromatic heterocycles. The van der Waals surface area contributed by atoms with Crippen molar-refractivity contribution in [3.05, 3.63) is 29.8 Å². The number of nitrogens with zero attached hydrogens (tertiary/aromatic N) is 3. The number of ether oxygens (including phenoxy) is 1. The highest BCUT2D eigenvalue weighted by Gasteiger charge is 2.13. The maximum atomic E-state index is 11.5. The molecule has 0 fully saturated rings. The van der Waals surface area contributed by atoms with Crippen molar-refractivity contribution in [1.82, 2.24) is 9.80 Å². The number of benzene rings is 1. The fourth-order valence-electron chi connectivity index (χ4n) is 1.67. The molecule has 1 N–H and O–H groups in total. The summed E-state index contributed by atoms with van der Waals surface area (Å²) < 4.78 is 5.44. The van der Waals surface area contributed by atoms with Gasteiger partial charge in [-0.2, -0.15) is 5.26 Å². The Hall–Kier alpha value is -2.10. The van der Waals surface area contributed by atoms with Gasteiger partial charge in [0.2, 0.25) is 5.91 Å². The lowest BCUT2D eigenvalue weighted by Crippen LogP contribution is -2.39. The van der Waals surface area contributed by atoms with Crippen LogP contribution < -0.4 is 4.74 Å². The average molecular weight is 291 g/mol. The summed E-state index contributed by atoms with van der Waals surface area (Å²) in [5.41, 5.74) is 0.560. The van der Waals surface area contributed by atoms with Crippen molar-refractivity contribution < 1.29 is 14.6 Å². The summed E-state index contributed by atoms with van der Waals surface area (Å²) >= 11 is 0. The molecule has 114 valence electrons. The van der Waals surface area contributed by atoms with Crippen LogP contribution in [0.3, 0.4) is 0 Å². The zero-order valence-electron chi connectivity index (χ0n) is 12.6. The quantitative estimate of drug-likeness (QED) is 0.783. The van der Waals surface area contributed by atoms with Gasteiger partial charge in [0.25, 0.3) is 0 Å². The predicted molar refractivity (Wildman–Crippen MR) is 78.8 cm³/mol. The molecule has 0 saturated heterocycles. The molecular weight excluding hydrogens is 270 g/mol. The van der Waals surface area contributed by atoms with E-state index in [0.717, 1.165) is 0 Å². The van der Waals surface area contributed by atoms with E-state index in [9.17, 15) is 9.90 Å². The monoisotopic (exact) mass is 291 g/mol. The first kappa shape index (κ1) is 17.0. The minimum Gasteiger partial charge on any atom is -0.491 e. The minimum atomic E-state index is -0.694. The van der Waals surface area contributed by atoms with E-state index in [1.165, 1.54) is 4.90 Å². The van der Waals surface area contributed by atoms with Crippen LogP contribution in [0.4, 0.5) is 0 Å². The first-order chi connectivity index (χ1) is 9.92. The Kier molecular flexibility index (Phi) is 6.66. The Morgan fingerprint density at radius 3 is 2.48 bits per heavy atom. The molecule has 21 heavy (non-hydrogen) atoms. The first-order valence-electron chi connectivity index (χ1n) is 6.62. The van der Waals surface area contributed by atoms with Crippen LogP contribution in [-0.4, -0.2) is 67.8 Å². The number of carbonyl (C=O) groups excluding carboxylic acids is 1. The third-order valence-electron chi connectivity index (χ3n) is 2.85. The summed E-state index contributed by atoms with van der Waals surface area (Å²) in [6.07, 6.45) is -0.694. The van der Waals surface area contributed by atoms with Gasteiger partial charge in [0.05, 0.1) is 18.2 Å². The Bertz CT molecular complexity index is 494. The van der Waals surface area contributed by atoms with Crippen molar-refractivity contribution in [3.8, 4) is 11.8 Å². The standard InChI is InChI=1S/C15H21N3O3/c1-17(2)15(20)10-18(3)9-13(19)11-21-14-6-4-12(8-16)5-7-14/h4-7,13,19H,9-11H2,1-3H3. The highest BCUT2D eigenvalue weighted by atomic mass is 16.5. The van der Waals surface area contributed by atoms with Gasteiger partial charge in [-0.15, -0.1) is 0 Å². The van der Waals surface area contributed by atoms with Crippen molar-refractivity contribution in [2.75, 3.05) is 40.8 Å². The smallest absolute Gasteiger partial charge is 0.236 e. The maximum Gasteiger partial charge on any atom is 0.236 e. The number of rotatable bonds is 7. The molecule has 6 nitrogen and oxygen atoms in total. The van der Waals surface area contributed by atoms with Crippen molar-refractivity contribution in [2.45, 2.75) is 6.10 Å². The van der Waals surface area contributed by atoms with E-state index in [2.05, 4.69) is 0 Å². The molecule has 0 spiro atoms. The van der Waals surface area contributed by atoms with Crippen LogP contribution >= 0.6 is 0 Å². The van der Waals surface area contributed by atoms with Crippen LogP contribution in [0.2, 0.25) is 0 Å². The molecule has 0 heterocycles. The lowest BCUT2D eigenvalue weighted by Gasteiger charge is -2.21. The van der Waals surface area contributed by atoms with Gasteiger partial charge in [-0.05, 0) is 31.3 Å². The largest absolute Gasteiger partial charge is 0.491 e. The van der Waals surface area contributed by atoms with Crippen LogP contribution in [0.1, 0.15) is 5.56 Å². The van der Waals surface area contributed by atoms with E-state index in [1.54, 1.807) is 50.3 Å². The van der Waals surface area contributed by atoms with Crippen molar-refractivity contribution in [1.29, 1.82) is 5.26 Å². The molecule has 0 bridgehead atoms. The zero-order valence-corrected chi connectivity index (χ0v) is 12.6. The molecule has 6 heteroatoms. The van der Waals surface area contributed by atoms with Gasteiger partial charge in [-0.25, -0.2) is 0 Å². The minimum absolute atomic E-state index is 0.0160. The number of hydrogen-bond acceptors (Lipinski definition) is 5. The van der Waals surface area contributed by atoms with Gasteiger partial charge in [0, 0.05) is 20.6 Å². The van der Waals surface area contributed by atoms with E-state index in [-0.39, 0.29) is 19.1 Å². The zero-order chi connectivity index (χ0) is 15.8. The maximum absolute atomic E-state index is 11.5. The molecule has 1 atom stereocenters. The molecule has 0 aliphatic carbocycles. The third kappa shape index (κ3) is 6.25. The second kappa shape index (κ2) is 8.25. The van der Waals surface area contributed by atoms with Gasteiger partial charge in [0.15, 0.2) is 0 Å². The fraction of sp³-hybridized carbons (Fsp3) is 0.467. The van der Waals surface area contributed by atoms with E-state index >= 15 is 0 Å². The lowest BCUT2D eigenvalue weighted by atomic mass is 10.2. The summed E-state index contributed by atoms with van der Waals surface area (Å²) in [6, 6.07) is 8.71. The number of carbonyl (C=O) groups is 1. The Labute approximate surface area is 125 Å². The van der Waals surface area contributed by atoms with Gasteiger partial charge in [-0.3, -0.25) is 9.69 Å². The molecule has 1 aromatic carbocycles. The summed E-state index contributed by atoms with van der Waals surface area (Å²) in [7, 11) is 5.16. The predicted octanol–water partition coefficient (Wildman–Crippen LogP) is 0.318. The van der Waals surface area contributed by atoms with Crippen molar-refractivity contribution in [2.24, 2.45) is 0 Å². The van der Waals surface area contributed by atoms with E-state index < -0.39 is 6.10 Å². The van der Waals surface area contributed by atoms with Gasteiger partial charge in [-0.1, -0.05) is 0 Å². The number of aliphatic hydroxyl groups excluding tert-OH is 1. The lowest BCUT2D eigenvalue weighted by molar-refractivity contribution is -0.129. The molecule has 1 unspecified atom stereocenters. The second-order valence-electron chi connectivity index (χ2n) is 5.09. The van der Waals surface area contributed by atoms with Crippen LogP contribution in [0.5, 0.6) is 5.75 Å². The topological polar surface area (TPSA) is 76.8 Å². The normalized spacial score (nSPS) is 11.8. The fourth-order valence-corrected chi connectivity index (χ4v) is 1.67. The molecule has 0 aliphatic heterocycles. The number of likely N-dealkylation sites (N-methyl/N-ethyl adjacent to an activating group) is 2. The molecule has 0 aliphatic rings. The van der Waals surface area contributed by atoms with Gasteiger partial charge < -0.3 is 14.7 Å². The molecular formula is C15H21N3O3. The van der Waals surface area contributed by atoms with Crippen LogP contribution in [0, 0.1) is 11.3 Å². The van der Waals surface area contributed by atoms with Crippen LogP contribution in [-0.2, 0) is 4.79 Å². The van der Waals surface area contributed by atoms with Crippen LogP contribution in [0.25, 0.3) is 0 Å². The molecule has 0 radical (unpaired) electrons. The Balaban J connectivity index is 2.34. The van der Waals surface area contributed by atoms with Crippen molar-refractivity contribution >= 4 is 5.91 Å². The number of aliphatic hydroxyl groups is 1. The molecule has 1 amide bonds. The number of hydrogen-bond donors (Lipinski definition) is 1. The highest BCUT2D eigenvalue weighted by Crippen LogP contribution is 2.11. The summed E-state index contributed by atoms with van der Waals surface area (Å²) in [4.78, 5) is 14.8. The van der Waals surface area contributed by atoms with Crippen molar-refractivity contribution in [3.63, 3.8) is 0 Å². The van der Waals surface area contributed by atoms with Gasteiger partial charge in [0.1, 0.15) is 18.5 Å². The van der Waals surface area contributed by atoms with E-state index in [0.29, 0.717) is 17.9 Å². The van der Waals surface area contributed by atoms with Gasteiger partial charge >= 0.3 is 0 Å². The summed E-state index contributed by atoms with van der Waals surface area (Å²) in [6.45, 7) is 0.725. The molecule has 0 saturated carbocycles. The number of amides is 1. The third-order valence-corrected chi connectivity index (χ3v) is 2.85. The number of nitriles is 1. The van der Waals surface area contributed by atoms with E-state index in [1.807, 2.05) is 6.07 Å². The van der Waals surface area contributed by atoms with Crippen LogP contribution in [0.15, 0.2) is 24.3 Å². The Morgan fingerprint density at radius 2 is 1.95 bits per heavy atom.